The molecule has 8 heteroatoms. The highest BCUT2D eigenvalue weighted by atomic mass is 127. The lowest BCUT2D eigenvalue weighted by Crippen LogP contribution is -2.31. The fourth-order valence-corrected chi connectivity index (χ4v) is 1.85. The number of nitrogens with one attached hydrogen (secondary N) is 3. The molecule has 0 radical (unpaired) electrons. The molecule has 0 fully saturated rings. The van der Waals surface area contributed by atoms with Crippen molar-refractivity contribution in [2.75, 3.05) is 7.05 Å². The molecular weight excluding hydrogens is 429 g/mol. The smallest absolute Gasteiger partial charge is 0.186 e. The molecule has 0 aliphatic rings. The second-order valence-corrected chi connectivity index (χ2v) is 6.39. The van der Waals surface area contributed by atoms with E-state index in [1.54, 1.807) is 7.05 Å². The van der Waals surface area contributed by atoms with Gasteiger partial charge in [0.1, 0.15) is 5.71 Å². The van der Waals surface area contributed by atoms with Gasteiger partial charge in [-0.3, -0.25) is 10.9 Å². The third kappa shape index (κ3) is 6.32. The Morgan fingerprint density at radius 1 is 1.14 bits per heavy atom. The van der Waals surface area contributed by atoms with Gasteiger partial charge in [-0.25, -0.2) is 0 Å². The summed E-state index contributed by atoms with van der Waals surface area (Å²) < 4.78 is 1.15. The molecule has 22 heavy (non-hydrogen) atoms. The van der Waals surface area contributed by atoms with E-state index >= 15 is 0 Å². The van der Waals surface area contributed by atoms with Crippen LogP contribution in [0.3, 0.4) is 0 Å². The van der Waals surface area contributed by atoms with E-state index in [9.17, 15) is 0 Å². The SMILES string of the molecule is CCC(=S)NN=C(C)C(=NNC(=S)NC)c1ccc(I)cc1. The van der Waals surface area contributed by atoms with Crippen LogP contribution < -0.4 is 16.2 Å². The van der Waals surface area contributed by atoms with Gasteiger partial charge in [-0.15, -0.1) is 0 Å². The summed E-state index contributed by atoms with van der Waals surface area (Å²) in [6.07, 6.45) is 0.740. The van der Waals surface area contributed by atoms with Crippen LogP contribution in [0.25, 0.3) is 0 Å². The molecular formula is C14H18IN5S2. The average molecular weight is 447 g/mol. The van der Waals surface area contributed by atoms with Crippen molar-refractivity contribution in [3.05, 3.63) is 33.4 Å². The maximum absolute atomic E-state index is 5.11. The van der Waals surface area contributed by atoms with Gasteiger partial charge in [0, 0.05) is 16.2 Å². The number of hydrazone groups is 2. The Hall–Kier alpha value is -1.13. The molecule has 0 saturated heterocycles. The van der Waals surface area contributed by atoms with Crippen LogP contribution >= 0.6 is 47.0 Å². The van der Waals surface area contributed by atoms with E-state index in [1.807, 2.05) is 38.1 Å². The summed E-state index contributed by atoms with van der Waals surface area (Å²) >= 11 is 12.4. The van der Waals surface area contributed by atoms with E-state index in [0.29, 0.717) is 21.5 Å². The lowest BCUT2D eigenvalue weighted by atomic mass is 10.1. The molecule has 0 aliphatic heterocycles. The van der Waals surface area contributed by atoms with Crippen molar-refractivity contribution >= 4 is 68.6 Å². The summed E-state index contributed by atoms with van der Waals surface area (Å²) in [4.78, 5) is 0.681. The van der Waals surface area contributed by atoms with Crippen LogP contribution in [-0.4, -0.2) is 28.6 Å². The Morgan fingerprint density at radius 2 is 1.77 bits per heavy atom. The molecule has 0 heterocycles. The normalized spacial score (nSPS) is 11.8. The third-order valence-electron chi connectivity index (χ3n) is 2.63. The molecule has 0 saturated carbocycles. The molecule has 0 atom stereocenters. The number of nitrogens with zero attached hydrogens (tertiary/aromatic N) is 2. The molecule has 1 aromatic rings. The highest BCUT2D eigenvalue weighted by molar-refractivity contribution is 14.1. The van der Waals surface area contributed by atoms with E-state index in [2.05, 4.69) is 49.0 Å². The second-order valence-electron chi connectivity index (χ2n) is 4.24. The minimum Gasteiger partial charge on any atom is -0.364 e. The van der Waals surface area contributed by atoms with Crippen LogP contribution in [0.5, 0.6) is 0 Å². The van der Waals surface area contributed by atoms with Crippen molar-refractivity contribution < 1.29 is 0 Å². The van der Waals surface area contributed by atoms with Crippen molar-refractivity contribution in [1.82, 2.24) is 16.2 Å². The van der Waals surface area contributed by atoms with Crippen molar-refractivity contribution in [2.24, 2.45) is 10.2 Å². The molecule has 3 N–H and O–H groups in total. The number of benzene rings is 1. The Bertz CT molecular complexity index is 596. The molecule has 1 rings (SSSR count). The van der Waals surface area contributed by atoms with Gasteiger partial charge in [0.15, 0.2) is 5.11 Å². The number of rotatable bonds is 5. The zero-order chi connectivity index (χ0) is 16.5. The molecule has 118 valence electrons. The number of thiocarbonyl (C=S) groups is 2. The Kier molecular flexibility index (Phi) is 8.43. The minimum absolute atomic E-state index is 0.438. The van der Waals surface area contributed by atoms with E-state index in [-0.39, 0.29) is 0 Å². The standard InChI is InChI=1S/C14H18IN5S2/c1-4-12(21)18-17-9(2)13(19-20-14(22)16-3)10-5-7-11(15)8-6-10/h5-8H,4H2,1-3H3,(H,18,21)(H2,16,20,22). The average Bonchev–Trinajstić information content (AvgIpc) is 2.53. The quantitative estimate of drug-likeness (QED) is 0.281. The predicted molar refractivity (Wildman–Crippen MR) is 110 cm³/mol. The Labute approximate surface area is 155 Å². The van der Waals surface area contributed by atoms with Gasteiger partial charge in [0.25, 0.3) is 0 Å². The molecule has 0 bridgehead atoms. The first-order valence-electron chi connectivity index (χ1n) is 6.62. The Balaban J connectivity index is 3.07. The largest absolute Gasteiger partial charge is 0.364 e. The van der Waals surface area contributed by atoms with Gasteiger partial charge in [-0.05, 0) is 60.3 Å². The number of halogens is 1. The lowest BCUT2D eigenvalue weighted by Gasteiger charge is -2.09. The zero-order valence-corrected chi connectivity index (χ0v) is 16.4. The van der Waals surface area contributed by atoms with Gasteiger partial charge >= 0.3 is 0 Å². The first-order chi connectivity index (χ1) is 10.5. The van der Waals surface area contributed by atoms with E-state index in [0.717, 1.165) is 15.6 Å². The predicted octanol–water partition coefficient (Wildman–Crippen LogP) is 2.79. The third-order valence-corrected chi connectivity index (χ3v) is 4.02. The number of hydrogen-bond donors (Lipinski definition) is 3. The monoisotopic (exact) mass is 447 g/mol. The summed E-state index contributed by atoms with van der Waals surface area (Å²) in [5, 5.41) is 11.9. The van der Waals surface area contributed by atoms with Crippen LogP contribution in [0.1, 0.15) is 25.8 Å². The summed E-state index contributed by atoms with van der Waals surface area (Å²) in [6.45, 7) is 3.84. The van der Waals surface area contributed by atoms with Gasteiger partial charge < -0.3 is 5.32 Å². The molecule has 5 nitrogen and oxygen atoms in total. The van der Waals surface area contributed by atoms with Gasteiger partial charge in [0.05, 0.1) is 10.7 Å². The number of hydrogen-bond acceptors (Lipinski definition) is 4. The fourth-order valence-electron chi connectivity index (χ4n) is 1.40. The van der Waals surface area contributed by atoms with Crippen molar-refractivity contribution in [3.63, 3.8) is 0 Å². The van der Waals surface area contributed by atoms with Crippen molar-refractivity contribution in [1.29, 1.82) is 0 Å². The summed E-state index contributed by atoms with van der Waals surface area (Å²) in [5.41, 5.74) is 8.00. The molecule has 0 unspecified atom stereocenters. The molecule has 0 aliphatic carbocycles. The van der Waals surface area contributed by atoms with Gasteiger partial charge in [-0.1, -0.05) is 31.3 Å². The van der Waals surface area contributed by atoms with Gasteiger partial charge in [0.2, 0.25) is 0 Å². The highest BCUT2D eigenvalue weighted by Crippen LogP contribution is 2.09. The van der Waals surface area contributed by atoms with Crippen molar-refractivity contribution in [3.8, 4) is 0 Å². The first kappa shape index (κ1) is 18.9. The van der Waals surface area contributed by atoms with Crippen LogP contribution in [0, 0.1) is 3.57 Å². The summed E-state index contributed by atoms with van der Waals surface area (Å²) in [6, 6.07) is 8.00. The van der Waals surface area contributed by atoms with E-state index in [4.69, 9.17) is 24.4 Å². The first-order valence-corrected chi connectivity index (χ1v) is 8.52. The van der Waals surface area contributed by atoms with Gasteiger partial charge in [-0.2, -0.15) is 10.2 Å². The lowest BCUT2D eigenvalue weighted by molar-refractivity contribution is 0.974. The Morgan fingerprint density at radius 3 is 2.32 bits per heavy atom. The topological polar surface area (TPSA) is 60.8 Å². The summed E-state index contributed by atoms with van der Waals surface area (Å²) in [5.74, 6) is 0. The van der Waals surface area contributed by atoms with Crippen LogP contribution in [0.15, 0.2) is 34.5 Å². The fraction of sp³-hybridized carbons (Fsp3) is 0.286. The van der Waals surface area contributed by atoms with E-state index < -0.39 is 0 Å². The van der Waals surface area contributed by atoms with E-state index in [1.165, 1.54) is 0 Å². The molecule has 1 aromatic carbocycles. The minimum atomic E-state index is 0.438. The highest BCUT2D eigenvalue weighted by Gasteiger charge is 2.09. The second kappa shape index (κ2) is 9.80. The molecule has 0 amide bonds. The van der Waals surface area contributed by atoms with Crippen molar-refractivity contribution in [2.45, 2.75) is 20.3 Å². The maximum atomic E-state index is 5.11. The van der Waals surface area contributed by atoms with Crippen LogP contribution in [-0.2, 0) is 0 Å². The molecule has 0 aromatic heterocycles. The molecule has 0 spiro atoms. The van der Waals surface area contributed by atoms with Crippen LogP contribution in [0.2, 0.25) is 0 Å². The summed E-state index contributed by atoms with van der Waals surface area (Å²) in [7, 11) is 1.73. The van der Waals surface area contributed by atoms with Crippen LogP contribution in [0.4, 0.5) is 0 Å². The zero-order valence-electron chi connectivity index (χ0n) is 12.6. The maximum Gasteiger partial charge on any atom is 0.186 e.